The second-order valence-electron chi connectivity index (χ2n) is 7.61. The maximum absolute atomic E-state index is 12.9. The average Bonchev–Trinajstić information content (AvgIpc) is 3.13. The minimum atomic E-state index is -0.525. The Balaban J connectivity index is 2.11. The quantitative estimate of drug-likeness (QED) is 0.752. The maximum atomic E-state index is 12.9. The lowest BCUT2D eigenvalue weighted by molar-refractivity contribution is -0.140. The van der Waals surface area contributed by atoms with Crippen LogP contribution in [0.5, 0.6) is 5.75 Å². The normalized spacial score (nSPS) is 11.2. The van der Waals surface area contributed by atoms with Crippen LogP contribution in [0.1, 0.15) is 49.5 Å². The molecule has 7 nitrogen and oxygen atoms in total. The van der Waals surface area contributed by atoms with Gasteiger partial charge in [-0.3, -0.25) is 9.59 Å². The van der Waals surface area contributed by atoms with Gasteiger partial charge in [-0.05, 0) is 31.0 Å². The van der Waals surface area contributed by atoms with Crippen LogP contribution >= 0.6 is 0 Å². The molecular formula is C21H29N3O4. The van der Waals surface area contributed by atoms with Crippen LogP contribution < -0.4 is 10.1 Å². The zero-order valence-electron chi connectivity index (χ0n) is 17.2. The second kappa shape index (κ2) is 9.39. The van der Waals surface area contributed by atoms with Crippen LogP contribution in [0.15, 0.2) is 34.9 Å². The summed E-state index contributed by atoms with van der Waals surface area (Å²) in [6.07, 6.45) is 0.698. The molecule has 1 aromatic carbocycles. The number of benzene rings is 1. The summed E-state index contributed by atoms with van der Waals surface area (Å²) in [6, 6.07) is 9.36. The van der Waals surface area contributed by atoms with E-state index in [0.717, 1.165) is 11.3 Å². The Labute approximate surface area is 166 Å². The van der Waals surface area contributed by atoms with Gasteiger partial charge >= 0.3 is 0 Å². The van der Waals surface area contributed by atoms with Crippen LogP contribution in [0.4, 0.5) is 0 Å². The fourth-order valence-corrected chi connectivity index (χ4v) is 2.72. The molecule has 0 atom stereocenters. The molecule has 0 unspecified atom stereocenters. The molecule has 2 amide bonds. The predicted octanol–water partition coefficient (Wildman–Crippen LogP) is 3.05. The number of nitrogens with zero attached hydrogens (tertiary/aromatic N) is 2. The molecule has 1 heterocycles. The molecule has 0 aliphatic heterocycles. The summed E-state index contributed by atoms with van der Waals surface area (Å²) in [5, 5.41) is 6.49. The van der Waals surface area contributed by atoms with Gasteiger partial charge < -0.3 is 19.5 Å². The Morgan fingerprint density at radius 1 is 1.21 bits per heavy atom. The highest BCUT2D eigenvalue weighted by atomic mass is 16.5. The highest BCUT2D eigenvalue weighted by Crippen LogP contribution is 2.21. The van der Waals surface area contributed by atoms with Crippen molar-refractivity contribution in [2.24, 2.45) is 5.41 Å². The number of hydrogen-bond donors (Lipinski definition) is 1. The van der Waals surface area contributed by atoms with E-state index in [4.69, 9.17) is 9.26 Å². The van der Waals surface area contributed by atoms with E-state index >= 15 is 0 Å². The van der Waals surface area contributed by atoms with Gasteiger partial charge in [0.1, 0.15) is 5.75 Å². The molecule has 2 aromatic rings. The lowest BCUT2D eigenvalue weighted by Crippen LogP contribution is -2.40. The maximum Gasteiger partial charge on any atom is 0.273 e. The molecule has 28 heavy (non-hydrogen) atoms. The molecule has 1 N–H and O–H groups in total. The number of hydrogen-bond acceptors (Lipinski definition) is 5. The number of carbonyl (C=O) groups is 2. The molecule has 0 saturated carbocycles. The van der Waals surface area contributed by atoms with Crippen molar-refractivity contribution in [3.63, 3.8) is 0 Å². The van der Waals surface area contributed by atoms with Gasteiger partial charge in [0.2, 0.25) is 5.91 Å². The standard InChI is InChI=1S/C21H29N3O4/c1-6-22-19(25)18-13-17(28-23-18)14-24(20(26)21(2,3)4)12-11-15-7-9-16(27-5)10-8-15/h7-10,13H,6,11-12,14H2,1-5H3,(H,22,25). The minimum Gasteiger partial charge on any atom is -0.497 e. The first kappa shape index (κ1) is 21.5. The van der Waals surface area contributed by atoms with Gasteiger partial charge in [-0.25, -0.2) is 0 Å². The number of ether oxygens (including phenoxy) is 1. The van der Waals surface area contributed by atoms with E-state index in [2.05, 4.69) is 10.5 Å². The Bertz CT molecular complexity index is 791. The Hall–Kier alpha value is -2.83. The summed E-state index contributed by atoms with van der Waals surface area (Å²) in [4.78, 5) is 26.5. The minimum absolute atomic E-state index is 0.0111. The number of carbonyl (C=O) groups excluding carboxylic acids is 2. The van der Waals surface area contributed by atoms with Crippen LogP contribution in [-0.4, -0.2) is 42.1 Å². The molecule has 152 valence electrons. The molecule has 0 spiro atoms. The Morgan fingerprint density at radius 3 is 2.46 bits per heavy atom. The fourth-order valence-electron chi connectivity index (χ4n) is 2.72. The lowest BCUT2D eigenvalue weighted by atomic mass is 9.94. The second-order valence-corrected chi connectivity index (χ2v) is 7.61. The monoisotopic (exact) mass is 387 g/mol. The van der Waals surface area contributed by atoms with Gasteiger partial charge in [-0.2, -0.15) is 0 Å². The van der Waals surface area contributed by atoms with Crippen molar-refractivity contribution in [2.45, 2.75) is 40.7 Å². The van der Waals surface area contributed by atoms with E-state index in [1.165, 1.54) is 0 Å². The van der Waals surface area contributed by atoms with Gasteiger partial charge in [-0.15, -0.1) is 0 Å². The van der Waals surface area contributed by atoms with Crippen molar-refractivity contribution >= 4 is 11.8 Å². The van der Waals surface area contributed by atoms with Crippen LogP contribution in [0, 0.1) is 5.41 Å². The largest absolute Gasteiger partial charge is 0.497 e. The van der Waals surface area contributed by atoms with Crippen molar-refractivity contribution in [3.8, 4) is 5.75 Å². The number of amides is 2. The van der Waals surface area contributed by atoms with Crippen molar-refractivity contribution < 1.29 is 18.8 Å². The molecule has 7 heteroatoms. The van der Waals surface area contributed by atoms with Gasteiger partial charge in [-0.1, -0.05) is 38.1 Å². The number of methoxy groups -OCH3 is 1. The summed E-state index contributed by atoms with van der Waals surface area (Å²) >= 11 is 0. The first-order valence-electron chi connectivity index (χ1n) is 9.40. The van der Waals surface area contributed by atoms with Crippen molar-refractivity contribution in [2.75, 3.05) is 20.2 Å². The van der Waals surface area contributed by atoms with Gasteiger partial charge in [0, 0.05) is 24.6 Å². The Kier molecular flexibility index (Phi) is 7.20. The van der Waals surface area contributed by atoms with Crippen LogP contribution in [0.3, 0.4) is 0 Å². The highest BCUT2D eigenvalue weighted by molar-refractivity contribution is 5.92. The zero-order chi connectivity index (χ0) is 20.7. The van der Waals surface area contributed by atoms with E-state index in [1.54, 1.807) is 18.1 Å². The molecule has 0 bridgehead atoms. The van der Waals surface area contributed by atoms with E-state index in [-0.39, 0.29) is 24.1 Å². The third-order valence-electron chi connectivity index (χ3n) is 4.23. The van der Waals surface area contributed by atoms with Crippen molar-refractivity contribution in [3.05, 3.63) is 47.3 Å². The molecule has 1 aromatic heterocycles. The number of aromatic nitrogens is 1. The third kappa shape index (κ3) is 5.84. The van der Waals surface area contributed by atoms with Gasteiger partial charge in [0.05, 0.1) is 13.7 Å². The van der Waals surface area contributed by atoms with Crippen LogP contribution in [-0.2, 0) is 17.8 Å². The SMILES string of the molecule is CCNC(=O)c1cc(CN(CCc2ccc(OC)cc2)C(=O)C(C)(C)C)on1. The highest BCUT2D eigenvalue weighted by Gasteiger charge is 2.28. The number of nitrogens with one attached hydrogen (secondary N) is 1. The topological polar surface area (TPSA) is 84.7 Å². The van der Waals surface area contributed by atoms with Crippen molar-refractivity contribution in [1.29, 1.82) is 0 Å². The first-order chi connectivity index (χ1) is 13.2. The molecule has 0 aliphatic rings. The average molecular weight is 387 g/mol. The van der Waals surface area contributed by atoms with Gasteiger partial charge in [0.15, 0.2) is 11.5 Å². The molecule has 0 radical (unpaired) electrons. The first-order valence-corrected chi connectivity index (χ1v) is 9.40. The lowest BCUT2D eigenvalue weighted by Gasteiger charge is -2.28. The van der Waals surface area contributed by atoms with Crippen molar-refractivity contribution in [1.82, 2.24) is 15.4 Å². The molecular weight excluding hydrogens is 358 g/mol. The van der Waals surface area contributed by atoms with Crippen LogP contribution in [0.2, 0.25) is 0 Å². The molecule has 2 rings (SSSR count). The third-order valence-corrected chi connectivity index (χ3v) is 4.23. The summed E-state index contributed by atoms with van der Waals surface area (Å²) in [6.45, 7) is 8.79. The van der Waals surface area contributed by atoms with Gasteiger partial charge in [0.25, 0.3) is 5.91 Å². The summed E-state index contributed by atoms with van der Waals surface area (Å²) in [5.74, 6) is 1.00. The van der Waals surface area contributed by atoms with E-state index in [1.807, 2.05) is 52.0 Å². The summed E-state index contributed by atoms with van der Waals surface area (Å²) < 4.78 is 10.5. The predicted molar refractivity (Wildman–Crippen MR) is 106 cm³/mol. The molecule has 0 saturated heterocycles. The van der Waals surface area contributed by atoms with Crippen LogP contribution in [0.25, 0.3) is 0 Å². The van der Waals surface area contributed by atoms with E-state index in [9.17, 15) is 9.59 Å². The number of rotatable bonds is 8. The molecule has 0 aliphatic carbocycles. The molecule has 0 fully saturated rings. The summed E-state index contributed by atoms with van der Waals surface area (Å²) in [5.41, 5.74) is 0.797. The van der Waals surface area contributed by atoms with E-state index in [0.29, 0.717) is 25.3 Å². The van der Waals surface area contributed by atoms with E-state index < -0.39 is 5.41 Å². The smallest absolute Gasteiger partial charge is 0.273 e. The summed E-state index contributed by atoms with van der Waals surface area (Å²) in [7, 11) is 1.63. The zero-order valence-corrected chi connectivity index (χ0v) is 17.2. The fraction of sp³-hybridized carbons (Fsp3) is 0.476. The Morgan fingerprint density at radius 2 is 1.89 bits per heavy atom.